The summed E-state index contributed by atoms with van der Waals surface area (Å²) in [5, 5.41) is 3.17. The molecular formula is C18H28ClNO4S. The van der Waals surface area contributed by atoms with Gasteiger partial charge in [0.05, 0.1) is 0 Å². The zero-order chi connectivity index (χ0) is 18.3. The van der Waals surface area contributed by atoms with Crippen molar-refractivity contribution in [3.05, 3.63) is 34.9 Å². The molecule has 0 fully saturated rings. The van der Waals surface area contributed by atoms with Crippen LogP contribution in [-0.4, -0.2) is 23.7 Å². The summed E-state index contributed by atoms with van der Waals surface area (Å²) < 4.78 is 10.5. The van der Waals surface area contributed by atoms with Crippen molar-refractivity contribution < 1.29 is 19.1 Å². The first kappa shape index (κ1) is 23.6. The molecule has 142 valence electrons. The Morgan fingerprint density at radius 2 is 1.88 bits per heavy atom. The van der Waals surface area contributed by atoms with Gasteiger partial charge in [-0.1, -0.05) is 37.6 Å². The van der Waals surface area contributed by atoms with Gasteiger partial charge >= 0.3 is 12.1 Å². The third-order valence-corrected chi connectivity index (χ3v) is 3.19. The molecule has 25 heavy (non-hydrogen) atoms. The zero-order valence-electron chi connectivity index (χ0n) is 15.4. The van der Waals surface area contributed by atoms with E-state index >= 15 is 0 Å². The molecule has 0 bridgehead atoms. The van der Waals surface area contributed by atoms with Gasteiger partial charge in [-0.2, -0.15) is 13.5 Å². The van der Waals surface area contributed by atoms with Crippen molar-refractivity contribution in [2.75, 3.05) is 0 Å². The van der Waals surface area contributed by atoms with Crippen LogP contribution < -0.4 is 5.32 Å². The van der Waals surface area contributed by atoms with Crippen molar-refractivity contribution in [2.45, 2.75) is 59.3 Å². The number of benzene rings is 1. The monoisotopic (exact) mass is 389 g/mol. The average Bonchev–Trinajstić information content (AvgIpc) is 2.41. The van der Waals surface area contributed by atoms with Gasteiger partial charge in [-0.05, 0) is 50.8 Å². The lowest BCUT2D eigenvalue weighted by Crippen LogP contribution is -2.44. The lowest BCUT2D eigenvalue weighted by atomic mass is 10.0. The average molecular weight is 390 g/mol. The van der Waals surface area contributed by atoms with Crippen LogP contribution in [-0.2, 0) is 20.9 Å². The smallest absolute Gasteiger partial charge is 0.408 e. The van der Waals surface area contributed by atoms with Crippen molar-refractivity contribution in [2.24, 2.45) is 5.92 Å². The van der Waals surface area contributed by atoms with Gasteiger partial charge in [-0.15, -0.1) is 0 Å². The molecule has 1 aromatic rings. The summed E-state index contributed by atoms with van der Waals surface area (Å²) in [7, 11) is 0. The number of alkyl carbamates (subject to hydrolysis) is 1. The molecule has 0 aliphatic carbocycles. The van der Waals surface area contributed by atoms with E-state index in [1.807, 2.05) is 19.9 Å². The predicted octanol–water partition coefficient (Wildman–Crippen LogP) is 4.44. The molecule has 5 nitrogen and oxygen atoms in total. The molecular weight excluding hydrogens is 362 g/mol. The van der Waals surface area contributed by atoms with Gasteiger partial charge in [0.15, 0.2) is 0 Å². The fourth-order valence-electron chi connectivity index (χ4n) is 2.02. The summed E-state index contributed by atoms with van der Waals surface area (Å²) in [5.41, 5.74) is 0.161. The van der Waals surface area contributed by atoms with E-state index in [2.05, 4.69) is 5.32 Å². The van der Waals surface area contributed by atoms with E-state index in [1.165, 1.54) is 0 Å². The number of hydrogen-bond acceptors (Lipinski definition) is 4. The van der Waals surface area contributed by atoms with Crippen molar-refractivity contribution in [3.63, 3.8) is 0 Å². The van der Waals surface area contributed by atoms with Crippen LogP contribution in [0.2, 0.25) is 5.02 Å². The van der Waals surface area contributed by atoms with Crippen molar-refractivity contribution >= 4 is 37.2 Å². The Morgan fingerprint density at radius 3 is 2.40 bits per heavy atom. The second kappa shape index (κ2) is 10.6. The van der Waals surface area contributed by atoms with Gasteiger partial charge in [0.25, 0.3) is 0 Å². The molecule has 0 saturated carbocycles. The van der Waals surface area contributed by atoms with E-state index in [-0.39, 0.29) is 26.0 Å². The summed E-state index contributed by atoms with van der Waals surface area (Å²) in [6, 6.07) is 6.33. The van der Waals surface area contributed by atoms with Crippen LogP contribution >= 0.6 is 25.1 Å². The Bertz CT molecular complexity index is 572. The Morgan fingerprint density at radius 1 is 1.24 bits per heavy atom. The predicted molar refractivity (Wildman–Crippen MR) is 104 cm³/mol. The van der Waals surface area contributed by atoms with Crippen LogP contribution in [0, 0.1) is 5.92 Å². The maximum Gasteiger partial charge on any atom is 0.408 e. The standard InChI is InChI=1S/C18H26ClNO4.H2S/c1-12(2)9-15(20-17(22)24-18(3,4)5)16(21)23-11-13-7-6-8-14(19)10-13;/h6-8,10,12,15H,9,11H2,1-5H3,(H,20,22);1H2/t15-;/m0./s1. The molecule has 7 heteroatoms. The summed E-state index contributed by atoms with van der Waals surface area (Å²) in [6.45, 7) is 9.33. The van der Waals surface area contributed by atoms with Gasteiger partial charge in [-0.25, -0.2) is 9.59 Å². The molecule has 0 unspecified atom stereocenters. The number of ether oxygens (including phenoxy) is 2. The Kier molecular flexibility index (Phi) is 9.97. The summed E-state index contributed by atoms with van der Waals surface area (Å²) in [6.07, 6.45) is -0.166. The maximum atomic E-state index is 12.3. The molecule has 1 rings (SSSR count). The molecule has 0 aromatic heterocycles. The van der Waals surface area contributed by atoms with Crippen LogP contribution in [0.1, 0.15) is 46.6 Å². The highest BCUT2D eigenvalue weighted by Gasteiger charge is 2.26. The number of amides is 1. The van der Waals surface area contributed by atoms with Crippen molar-refractivity contribution in [1.29, 1.82) is 0 Å². The third kappa shape index (κ3) is 10.2. The Labute approximate surface area is 161 Å². The maximum absolute atomic E-state index is 12.3. The van der Waals surface area contributed by atoms with Gasteiger partial charge in [-0.3, -0.25) is 0 Å². The van der Waals surface area contributed by atoms with E-state index in [4.69, 9.17) is 21.1 Å². The van der Waals surface area contributed by atoms with Gasteiger partial charge in [0, 0.05) is 5.02 Å². The highest BCUT2D eigenvalue weighted by atomic mass is 35.5. The van der Waals surface area contributed by atoms with Crippen LogP contribution in [0.4, 0.5) is 4.79 Å². The molecule has 0 aliphatic rings. The number of rotatable bonds is 6. The highest BCUT2D eigenvalue weighted by Crippen LogP contribution is 2.14. The topological polar surface area (TPSA) is 64.6 Å². The normalized spacial score (nSPS) is 12.1. The summed E-state index contributed by atoms with van der Waals surface area (Å²) >= 11 is 5.91. The Hall–Kier alpha value is -1.40. The van der Waals surface area contributed by atoms with E-state index in [0.29, 0.717) is 11.4 Å². The van der Waals surface area contributed by atoms with Crippen molar-refractivity contribution in [1.82, 2.24) is 5.32 Å². The first-order valence-corrected chi connectivity index (χ1v) is 8.35. The largest absolute Gasteiger partial charge is 0.459 e. The number of carbonyl (C=O) groups is 2. The van der Waals surface area contributed by atoms with E-state index in [9.17, 15) is 9.59 Å². The number of hydrogen-bond donors (Lipinski definition) is 1. The lowest BCUT2D eigenvalue weighted by molar-refractivity contribution is -0.148. The first-order chi connectivity index (χ1) is 11.1. The fourth-order valence-corrected chi connectivity index (χ4v) is 2.23. The zero-order valence-corrected chi connectivity index (χ0v) is 17.1. The molecule has 1 aromatic carbocycles. The van der Waals surface area contributed by atoms with Crippen molar-refractivity contribution in [3.8, 4) is 0 Å². The van der Waals surface area contributed by atoms with Gasteiger partial charge < -0.3 is 14.8 Å². The second-order valence-corrected chi connectivity index (χ2v) is 7.50. The number of nitrogens with one attached hydrogen (secondary N) is 1. The SMILES string of the molecule is CC(C)C[C@H](NC(=O)OC(C)(C)C)C(=O)OCc1cccc(Cl)c1.S. The molecule has 1 atom stereocenters. The summed E-state index contributed by atoms with van der Waals surface area (Å²) in [4.78, 5) is 24.2. The molecule has 0 radical (unpaired) electrons. The molecule has 0 spiro atoms. The van der Waals surface area contributed by atoms with Crippen LogP contribution in [0.25, 0.3) is 0 Å². The van der Waals surface area contributed by atoms with Crippen LogP contribution in [0.15, 0.2) is 24.3 Å². The minimum absolute atomic E-state index is 0. The van der Waals surface area contributed by atoms with Crippen LogP contribution in [0.5, 0.6) is 0 Å². The molecule has 1 amide bonds. The summed E-state index contributed by atoms with van der Waals surface area (Å²) in [5.74, 6) is -0.279. The lowest BCUT2D eigenvalue weighted by Gasteiger charge is -2.23. The number of carbonyl (C=O) groups excluding carboxylic acids is 2. The van der Waals surface area contributed by atoms with E-state index < -0.39 is 23.7 Å². The minimum Gasteiger partial charge on any atom is -0.459 e. The number of esters is 1. The Balaban J connectivity index is 0.00000576. The van der Waals surface area contributed by atoms with E-state index in [1.54, 1.807) is 39.0 Å². The second-order valence-electron chi connectivity index (χ2n) is 7.07. The highest BCUT2D eigenvalue weighted by molar-refractivity contribution is 7.59. The third-order valence-electron chi connectivity index (χ3n) is 2.95. The fraction of sp³-hybridized carbons (Fsp3) is 0.556. The number of halogens is 1. The van der Waals surface area contributed by atoms with Gasteiger partial charge in [0.2, 0.25) is 0 Å². The van der Waals surface area contributed by atoms with Crippen LogP contribution in [0.3, 0.4) is 0 Å². The van der Waals surface area contributed by atoms with Gasteiger partial charge in [0.1, 0.15) is 18.2 Å². The first-order valence-electron chi connectivity index (χ1n) is 7.97. The molecule has 0 saturated heterocycles. The van der Waals surface area contributed by atoms with E-state index in [0.717, 1.165) is 5.56 Å². The quantitative estimate of drug-likeness (QED) is 0.730. The minimum atomic E-state index is -0.751. The molecule has 0 heterocycles. The molecule has 0 aliphatic heterocycles. The molecule has 1 N–H and O–H groups in total.